The van der Waals surface area contributed by atoms with Crippen molar-refractivity contribution in [2.24, 2.45) is 11.7 Å². The van der Waals surface area contributed by atoms with Crippen LogP contribution in [0.3, 0.4) is 0 Å². The van der Waals surface area contributed by atoms with Crippen molar-refractivity contribution in [2.45, 2.75) is 38.6 Å². The van der Waals surface area contributed by atoms with Gasteiger partial charge in [0.25, 0.3) is 0 Å². The number of nitrogens with zero attached hydrogens (tertiary/aromatic N) is 1. The third-order valence-electron chi connectivity index (χ3n) is 4.49. The normalized spacial score (nSPS) is 18.3. The monoisotopic (exact) mass is 351 g/mol. The predicted octanol–water partition coefficient (Wildman–Crippen LogP) is 2.32. The first kappa shape index (κ1) is 18.7. The molecule has 2 amide bonds. The molecular formula is C18H26ClN3O2. The van der Waals surface area contributed by atoms with Crippen LogP contribution in [0, 0.1) is 5.92 Å². The van der Waals surface area contributed by atoms with Crippen LogP contribution < -0.4 is 11.1 Å². The maximum atomic E-state index is 12.0. The zero-order chi connectivity index (χ0) is 17.4. The van der Waals surface area contributed by atoms with Gasteiger partial charge in [-0.25, -0.2) is 0 Å². The van der Waals surface area contributed by atoms with Crippen LogP contribution in [-0.4, -0.2) is 36.3 Å². The van der Waals surface area contributed by atoms with Crippen molar-refractivity contribution in [3.05, 3.63) is 34.9 Å². The first-order chi connectivity index (χ1) is 11.5. The molecular weight excluding hydrogens is 326 g/mol. The van der Waals surface area contributed by atoms with Gasteiger partial charge in [-0.3, -0.25) is 9.59 Å². The Balaban J connectivity index is 1.67. The molecule has 0 saturated carbocycles. The van der Waals surface area contributed by atoms with E-state index in [0.717, 1.165) is 44.5 Å². The van der Waals surface area contributed by atoms with Gasteiger partial charge in [0.2, 0.25) is 11.8 Å². The molecule has 24 heavy (non-hydrogen) atoms. The van der Waals surface area contributed by atoms with Gasteiger partial charge < -0.3 is 16.0 Å². The number of carbonyl (C=O) groups is 2. The number of hydrogen-bond acceptors (Lipinski definition) is 3. The summed E-state index contributed by atoms with van der Waals surface area (Å²) in [7, 11) is 0. The molecule has 2 rings (SSSR count). The molecule has 1 saturated heterocycles. The summed E-state index contributed by atoms with van der Waals surface area (Å²) < 4.78 is 0. The Kier molecular flexibility index (Phi) is 7.53. The first-order valence-corrected chi connectivity index (χ1v) is 8.93. The summed E-state index contributed by atoms with van der Waals surface area (Å²) in [6.45, 7) is 3.18. The lowest BCUT2D eigenvalue weighted by molar-refractivity contribution is -0.121. The predicted molar refractivity (Wildman–Crippen MR) is 95.5 cm³/mol. The molecule has 1 aliphatic rings. The molecule has 6 heteroatoms. The molecule has 0 spiro atoms. The van der Waals surface area contributed by atoms with E-state index < -0.39 is 0 Å². The molecule has 1 aromatic rings. The molecule has 0 radical (unpaired) electrons. The smallest absolute Gasteiger partial charge is 0.221 e. The van der Waals surface area contributed by atoms with Crippen molar-refractivity contribution in [3.63, 3.8) is 0 Å². The lowest BCUT2D eigenvalue weighted by Gasteiger charge is -2.32. The second kappa shape index (κ2) is 9.64. The second-order valence-corrected chi connectivity index (χ2v) is 6.84. The lowest BCUT2D eigenvalue weighted by atomic mass is 9.93. The molecule has 5 nitrogen and oxygen atoms in total. The Morgan fingerprint density at radius 2 is 2.08 bits per heavy atom. The van der Waals surface area contributed by atoms with Gasteiger partial charge in [0.1, 0.15) is 0 Å². The number of nitrogens with one attached hydrogen (secondary N) is 1. The first-order valence-electron chi connectivity index (χ1n) is 8.55. The molecule has 1 aromatic carbocycles. The molecule has 0 aromatic heterocycles. The Morgan fingerprint density at radius 1 is 1.29 bits per heavy atom. The van der Waals surface area contributed by atoms with E-state index in [2.05, 4.69) is 10.2 Å². The number of nitrogens with two attached hydrogens (primary N) is 1. The van der Waals surface area contributed by atoms with E-state index in [9.17, 15) is 9.59 Å². The fraction of sp³-hybridized carbons (Fsp3) is 0.556. The Morgan fingerprint density at radius 3 is 2.83 bits per heavy atom. The van der Waals surface area contributed by atoms with Gasteiger partial charge in [0.05, 0.1) is 0 Å². The summed E-state index contributed by atoms with van der Waals surface area (Å²) in [5, 5.41) is 3.59. The highest BCUT2D eigenvalue weighted by molar-refractivity contribution is 6.31. The van der Waals surface area contributed by atoms with Gasteiger partial charge in [-0.2, -0.15) is 0 Å². The third-order valence-corrected chi connectivity index (χ3v) is 4.86. The van der Waals surface area contributed by atoms with E-state index >= 15 is 0 Å². The van der Waals surface area contributed by atoms with Gasteiger partial charge in [0, 0.05) is 37.5 Å². The minimum atomic E-state index is -0.230. The Hall–Kier alpha value is -1.59. The van der Waals surface area contributed by atoms with Gasteiger partial charge in [-0.15, -0.1) is 0 Å². The number of primary amides is 1. The topological polar surface area (TPSA) is 75.4 Å². The highest BCUT2D eigenvalue weighted by atomic mass is 35.5. The molecule has 132 valence electrons. The van der Waals surface area contributed by atoms with Crippen LogP contribution in [0.15, 0.2) is 24.3 Å². The molecule has 1 aliphatic heterocycles. The standard InChI is InChI=1S/C18H26ClN3O2/c19-16-6-2-1-5-15(16)12-21-18(24)9-11-22-10-3-4-14(13-22)7-8-17(20)23/h1-2,5-6,14H,3-4,7-13H2,(H2,20,23)(H,21,24). The number of piperidine rings is 1. The van der Waals surface area contributed by atoms with Crippen LogP contribution in [0.25, 0.3) is 0 Å². The van der Waals surface area contributed by atoms with Crippen LogP contribution in [0.2, 0.25) is 5.02 Å². The number of hydrogen-bond donors (Lipinski definition) is 2. The second-order valence-electron chi connectivity index (χ2n) is 6.43. The lowest BCUT2D eigenvalue weighted by Crippen LogP contribution is -2.38. The summed E-state index contributed by atoms with van der Waals surface area (Å²) in [5.74, 6) is 0.317. The number of carbonyl (C=O) groups excluding carboxylic acids is 2. The van der Waals surface area contributed by atoms with Crippen LogP contribution >= 0.6 is 11.6 Å². The summed E-state index contributed by atoms with van der Waals surface area (Å²) in [5.41, 5.74) is 6.15. The Labute approximate surface area is 148 Å². The van der Waals surface area contributed by atoms with E-state index in [1.165, 1.54) is 0 Å². The van der Waals surface area contributed by atoms with E-state index in [1.807, 2.05) is 24.3 Å². The average Bonchev–Trinajstić information content (AvgIpc) is 2.58. The molecule has 1 atom stereocenters. The molecule has 1 heterocycles. The third kappa shape index (κ3) is 6.49. The number of halogens is 1. The highest BCUT2D eigenvalue weighted by Gasteiger charge is 2.20. The summed E-state index contributed by atoms with van der Waals surface area (Å²) >= 11 is 6.08. The summed E-state index contributed by atoms with van der Waals surface area (Å²) in [6, 6.07) is 7.52. The van der Waals surface area contributed by atoms with Gasteiger partial charge in [-0.1, -0.05) is 29.8 Å². The minimum Gasteiger partial charge on any atom is -0.370 e. The Bertz CT molecular complexity index is 565. The number of likely N-dealkylation sites (tertiary alicyclic amines) is 1. The molecule has 0 bridgehead atoms. The van der Waals surface area contributed by atoms with Gasteiger partial charge in [0.15, 0.2) is 0 Å². The number of amides is 2. The maximum absolute atomic E-state index is 12.0. The fourth-order valence-electron chi connectivity index (χ4n) is 3.12. The average molecular weight is 352 g/mol. The summed E-state index contributed by atoms with van der Waals surface area (Å²) in [4.78, 5) is 25.2. The fourth-order valence-corrected chi connectivity index (χ4v) is 3.32. The quantitative estimate of drug-likeness (QED) is 0.754. The van der Waals surface area contributed by atoms with Crippen molar-refractivity contribution in [2.75, 3.05) is 19.6 Å². The molecule has 0 aliphatic carbocycles. The summed E-state index contributed by atoms with van der Waals surface area (Å²) in [6.07, 6.45) is 4.04. The van der Waals surface area contributed by atoms with Crippen molar-refractivity contribution in [1.82, 2.24) is 10.2 Å². The highest BCUT2D eigenvalue weighted by Crippen LogP contribution is 2.21. The van der Waals surface area contributed by atoms with E-state index in [-0.39, 0.29) is 11.8 Å². The molecule has 1 fully saturated rings. The van der Waals surface area contributed by atoms with Crippen LogP contribution in [0.5, 0.6) is 0 Å². The van der Waals surface area contributed by atoms with E-state index in [0.29, 0.717) is 30.3 Å². The largest absolute Gasteiger partial charge is 0.370 e. The maximum Gasteiger partial charge on any atom is 0.221 e. The van der Waals surface area contributed by atoms with Gasteiger partial charge >= 0.3 is 0 Å². The van der Waals surface area contributed by atoms with Crippen LogP contribution in [-0.2, 0) is 16.1 Å². The van der Waals surface area contributed by atoms with Crippen molar-refractivity contribution in [1.29, 1.82) is 0 Å². The zero-order valence-electron chi connectivity index (χ0n) is 14.0. The zero-order valence-corrected chi connectivity index (χ0v) is 14.7. The minimum absolute atomic E-state index is 0.0363. The van der Waals surface area contributed by atoms with Gasteiger partial charge in [-0.05, 0) is 43.4 Å². The number of rotatable bonds is 8. The molecule has 3 N–H and O–H groups in total. The van der Waals surface area contributed by atoms with Crippen molar-refractivity contribution >= 4 is 23.4 Å². The van der Waals surface area contributed by atoms with E-state index in [1.54, 1.807) is 0 Å². The van der Waals surface area contributed by atoms with Crippen molar-refractivity contribution < 1.29 is 9.59 Å². The molecule has 1 unspecified atom stereocenters. The van der Waals surface area contributed by atoms with Crippen LogP contribution in [0.4, 0.5) is 0 Å². The SMILES string of the molecule is NC(=O)CCC1CCCN(CCC(=O)NCc2ccccc2Cl)C1. The number of benzene rings is 1. The van der Waals surface area contributed by atoms with Crippen molar-refractivity contribution in [3.8, 4) is 0 Å². The van der Waals surface area contributed by atoms with Crippen LogP contribution in [0.1, 0.15) is 37.7 Å². The van der Waals surface area contributed by atoms with E-state index in [4.69, 9.17) is 17.3 Å².